The lowest BCUT2D eigenvalue weighted by Gasteiger charge is -2.11. The maximum atomic E-state index is 5.36. The van der Waals surface area contributed by atoms with Crippen LogP contribution in [0.25, 0.3) is 38.8 Å². The molecule has 0 saturated carbocycles. The molecule has 34 heavy (non-hydrogen) atoms. The number of pyridine rings is 1. The number of aromatic nitrogens is 2. The number of methoxy groups -OCH3 is 1. The second-order valence-electron chi connectivity index (χ2n) is 7.91. The zero-order valence-corrected chi connectivity index (χ0v) is 19.4. The largest absolute Gasteiger partial charge is 0.497 e. The molecule has 0 N–H and O–H groups in total. The van der Waals surface area contributed by atoms with Crippen molar-refractivity contribution in [1.29, 1.82) is 0 Å². The van der Waals surface area contributed by atoms with Crippen LogP contribution >= 0.6 is 11.3 Å². The van der Waals surface area contributed by atoms with Crippen LogP contribution in [0.15, 0.2) is 114 Å². The van der Waals surface area contributed by atoms with Crippen molar-refractivity contribution in [2.24, 2.45) is 4.99 Å². The Morgan fingerprint density at radius 1 is 0.735 bits per heavy atom. The summed E-state index contributed by atoms with van der Waals surface area (Å²) in [6.45, 7) is 0. The van der Waals surface area contributed by atoms with Crippen LogP contribution < -0.4 is 9.54 Å². The van der Waals surface area contributed by atoms with Gasteiger partial charge in [-0.15, -0.1) is 11.3 Å². The highest BCUT2D eigenvalue weighted by atomic mass is 32.1. The van der Waals surface area contributed by atoms with Crippen molar-refractivity contribution in [2.75, 3.05) is 7.11 Å². The van der Waals surface area contributed by atoms with Gasteiger partial charge in [0, 0.05) is 21.8 Å². The summed E-state index contributed by atoms with van der Waals surface area (Å²) in [5, 5.41) is 4.25. The predicted molar refractivity (Wildman–Crippen MR) is 140 cm³/mol. The summed E-state index contributed by atoms with van der Waals surface area (Å²) >= 11 is 1.63. The van der Waals surface area contributed by atoms with Gasteiger partial charge in [0.05, 0.1) is 29.5 Å². The van der Waals surface area contributed by atoms with Crippen molar-refractivity contribution >= 4 is 38.8 Å². The number of para-hydroxylation sites is 3. The van der Waals surface area contributed by atoms with Crippen LogP contribution in [0.4, 0.5) is 5.69 Å². The van der Waals surface area contributed by atoms with E-state index in [0.717, 1.165) is 55.0 Å². The number of thiazole rings is 1. The van der Waals surface area contributed by atoms with Crippen molar-refractivity contribution in [1.82, 2.24) is 9.55 Å². The molecule has 0 aliphatic heterocycles. The van der Waals surface area contributed by atoms with Crippen LogP contribution in [0, 0.1) is 0 Å². The fourth-order valence-corrected chi connectivity index (χ4v) is 5.12. The Hall–Kier alpha value is -4.22. The van der Waals surface area contributed by atoms with E-state index in [1.807, 2.05) is 54.6 Å². The first-order valence-electron chi connectivity index (χ1n) is 11.0. The summed E-state index contributed by atoms with van der Waals surface area (Å²) in [7, 11) is 1.68. The Kier molecular flexibility index (Phi) is 5.17. The van der Waals surface area contributed by atoms with Crippen LogP contribution in [0.1, 0.15) is 0 Å². The first-order valence-corrected chi connectivity index (χ1v) is 11.9. The topological polar surface area (TPSA) is 39.4 Å². The second kappa shape index (κ2) is 8.61. The lowest BCUT2D eigenvalue weighted by Crippen LogP contribution is -2.13. The number of nitrogens with zero attached hydrogens (tertiary/aromatic N) is 3. The van der Waals surface area contributed by atoms with E-state index in [9.17, 15) is 0 Å². The molecular formula is C29H21N3OS. The molecule has 4 nitrogen and oxygen atoms in total. The van der Waals surface area contributed by atoms with Gasteiger partial charge in [0.1, 0.15) is 5.75 Å². The third kappa shape index (κ3) is 3.56. The van der Waals surface area contributed by atoms with Crippen molar-refractivity contribution < 1.29 is 4.74 Å². The van der Waals surface area contributed by atoms with Gasteiger partial charge in [-0.1, -0.05) is 54.6 Å². The van der Waals surface area contributed by atoms with Gasteiger partial charge in [-0.3, -0.25) is 4.57 Å². The highest BCUT2D eigenvalue weighted by molar-refractivity contribution is 7.07. The quantitative estimate of drug-likeness (QED) is 0.263. The highest BCUT2D eigenvalue weighted by Crippen LogP contribution is 2.33. The van der Waals surface area contributed by atoms with Gasteiger partial charge in [0.25, 0.3) is 0 Å². The van der Waals surface area contributed by atoms with E-state index in [0.29, 0.717) is 0 Å². The molecule has 0 aliphatic carbocycles. The summed E-state index contributed by atoms with van der Waals surface area (Å²) in [5.74, 6) is 0.838. The number of hydrogen-bond acceptors (Lipinski definition) is 4. The Morgan fingerprint density at radius 3 is 2.00 bits per heavy atom. The first-order chi connectivity index (χ1) is 16.8. The van der Waals surface area contributed by atoms with Gasteiger partial charge >= 0.3 is 0 Å². The van der Waals surface area contributed by atoms with E-state index >= 15 is 0 Å². The molecule has 0 bridgehead atoms. The SMILES string of the molecule is COc1ccc(-c2csc(=Nc3c4ccccc4nc4ccccc34)n2-c2ccccc2)cc1. The summed E-state index contributed by atoms with van der Waals surface area (Å²) in [6.07, 6.45) is 0. The van der Waals surface area contributed by atoms with E-state index in [1.54, 1.807) is 18.4 Å². The number of ether oxygens (including phenoxy) is 1. The molecule has 0 atom stereocenters. The maximum absolute atomic E-state index is 5.36. The van der Waals surface area contributed by atoms with Gasteiger partial charge in [0.2, 0.25) is 0 Å². The van der Waals surface area contributed by atoms with Crippen molar-refractivity contribution in [3.63, 3.8) is 0 Å². The van der Waals surface area contributed by atoms with Crippen LogP contribution in [0.3, 0.4) is 0 Å². The molecule has 2 aromatic heterocycles. The molecule has 0 unspecified atom stereocenters. The molecule has 0 spiro atoms. The Bertz CT molecular complexity index is 1630. The molecule has 0 aliphatic rings. The summed E-state index contributed by atoms with van der Waals surface area (Å²) in [6, 6.07) is 34.9. The molecule has 0 saturated heterocycles. The van der Waals surface area contributed by atoms with Gasteiger partial charge in [-0.05, 0) is 54.1 Å². The Balaban J connectivity index is 1.66. The highest BCUT2D eigenvalue weighted by Gasteiger charge is 2.13. The van der Waals surface area contributed by atoms with Gasteiger partial charge in [0.15, 0.2) is 4.80 Å². The summed E-state index contributed by atoms with van der Waals surface area (Å²) in [5.41, 5.74) is 6.08. The fraction of sp³-hybridized carbons (Fsp3) is 0.0345. The minimum Gasteiger partial charge on any atom is -0.497 e. The smallest absolute Gasteiger partial charge is 0.195 e. The van der Waals surface area contributed by atoms with E-state index in [2.05, 4.69) is 58.5 Å². The molecule has 0 amide bonds. The molecule has 6 aromatic rings. The molecule has 0 radical (unpaired) electrons. The van der Waals surface area contributed by atoms with Crippen LogP contribution in [0.5, 0.6) is 5.75 Å². The summed E-state index contributed by atoms with van der Waals surface area (Å²) < 4.78 is 7.58. The van der Waals surface area contributed by atoms with E-state index in [1.165, 1.54) is 0 Å². The van der Waals surface area contributed by atoms with Crippen molar-refractivity contribution in [3.8, 4) is 22.7 Å². The molecule has 164 valence electrons. The molecule has 6 rings (SSSR count). The van der Waals surface area contributed by atoms with Gasteiger partial charge in [-0.25, -0.2) is 9.98 Å². The predicted octanol–water partition coefficient (Wildman–Crippen LogP) is 7.15. The molecule has 4 aromatic carbocycles. The van der Waals surface area contributed by atoms with Crippen molar-refractivity contribution in [2.45, 2.75) is 0 Å². The normalized spacial score (nSPS) is 11.9. The van der Waals surface area contributed by atoms with Gasteiger partial charge in [-0.2, -0.15) is 0 Å². The number of hydrogen-bond donors (Lipinski definition) is 0. The summed E-state index contributed by atoms with van der Waals surface area (Å²) in [4.78, 5) is 11.0. The number of fused-ring (bicyclic) bond motifs is 2. The lowest BCUT2D eigenvalue weighted by molar-refractivity contribution is 0.415. The van der Waals surface area contributed by atoms with Gasteiger partial charge < -0.3 is 4.74 Å². The van der Waals surface area contributed by atoms with Crippen molar-refractivity contribution in [3.05, 3.63) is 113 Å². The van der Waals surface area contributed by atoms with E-state index in [-0.39, 0.29) is 0 Å². The average Bonchev–Trinajstić information content (AvgIpc) is 3.32. The number of rotatable bonds is 4. The minimum absolute atomic E-state index is 0.838. The molecule has 2 heterocycles. The zero-order chi connectivity index (χ0) is 22.9. The Morgan fingerprint density at radius 2 is 1.35 bits per heavy atom. The minimum atomic E-state index is 0.838. The van der Waals surface area contributed by atoms with Crippen LogP contribution in [-0.4, -0.2) is 16.7 Å². The second-order valence-corrected chi connectivity index (χ2v) is 8.75. The third-order valence-electron chi connectivity index (χ3n) is 5.88. The Labute approximate surface area is 201 Å². The van der Waals surface area contributed by atoms with E-state index in [4.69, 9.17) is 14.7 Å². The molecule has 5 heteroatoms. The first kappa shape index (κ1) is 20.4. The van der Waals surface area contributed by atoms with E-state index < -0.39 is 0 Å². The lowest BCUT2D eigenvalue weighted by atomic mass is 10.1. The van der Waals surface area contributed by atoms with Crippen LogP contribution in [-0.2, 0) is 0 Å². The molecular weight excluding hydrogens is 438 g/mol. The standard InChI is InChI=1S/C29H21N3OS/c1-33-22-17-15-20(16-18-22)27-19-34-29(32(27)21-9-3-2-4-10-21)31-28-23-11-5-7-13-25(23)30-26-14-8-6-12-24(26)28/h2-19H,1H3. The fourth-order valence-electron chi connectivity index (χ4n) is 4.21. The monoisotopic (exact) mass is 459 g/mol. The third-order valence-corrected chi connectivity index (χ3v) is 6.70. The number of benzene rings is 4. The zero-order valence-electron chi connectivity index (χ0n) is 18.6. The average molecular weight is 460 g/mol. The van der Waals surface area contributed by atoms with Crippen LogP contribution in [0.2, 0.25) is 0 Å². The maximum Gasteiger partial charge on any atom is 0.195 e. The molecule has 0 fully saturated rings.